The third-order valence-electron chi connectivity index (χ3n) is 5.37. The summed E-state index contributed by atoms with van der Waals surface area (Å²) in [5, 5.41) is 10.7. The van der Waals surface area contributed by atoms with Gasteiger partial charge < -0.3 is 10.1 Å². The van der Waals surface area contributed by atoms with Gasteiger partial charge >= 0.3 is 0 Å². The van der Waals surface area contributed by atoms with Gasteiger partial charge in [-0.1, -0.05) is 29.8 Å². The number of aryl methyl sites for hydroxylation is 3. The third kappa shape index (κ3) is 5.55. The summed E-state index contributed by atoms with van der Waals surface area (Å²) in [6.45, 7) is 9.51. The monoisotopic (exact) mass is 433 g/mol. The number of nitrogens with zero attached hydrogens (tertiary/aromatic N) is 3. The van der Waals surface area contributed by atoms with Crippen molar-refractivity contribution in [3.05, 3.63) is 76.6 Å². The fourth-order valence-corrected chi connectivity index (χ4v) is 3.55. The number of guanidine groups is 1. The Labute approximate surface area is 189 Å². The molecule has 0 saturated carbocycles. The molecule has 0 unspecified atom stereocenters. The minimum absolute atomic E-state index is 0.225. The molecule has 32 heavy (non-hydrogen) atoms. The summed E-state index contributed by atoms with van der Waals surface area (Å²) in [5.41, 5.74) is 5.76. The summed E-state index contributed by atoms with van der Waals surface area (Å²) >= 11 is 0. The van der Waals surface area contributed by atoms with Crippen molar-refractivity contribution in [3.8, 4) is 5.75 Å². The number of aromatic nitrogens is 2. The highest BCUT2D eigenvalue weighted by Crippen LogP contribution is 2.23. The SMILES string of the molecule is CCn1nc(C)c(CCN=C(NC(=O)c2ccc(C)cc2)Nc2ccccc2OC)c1C. The molecule has 1 aromatic heterocycles. The normalized spacial score (nSPS) is 11.3. The molecule has 0 atom stereocenters. The van der Waals surface area contributed by atoms with Crippen LogP contribution >= 0.6 is 0 Å². The van der Waals surface area contributed by atoms with E-state index >= 15 is 0 Å². The van der Waals surface area contributed by atoms with Crippen LogP contribution in [-0.4, -0.2) is 35.3 Å². The van der Waals surface area contributed by atoms with Crippen molar-refractivity contribution in [1.29, 1.82) is 0 Å². The zero-order chi connectivity index (χ0) is 23.1. The first-order chi connectivity index (χ1) is 15.4. The maximum Gasteiger partial charge on any atom is 0.257 e. The standard InChI is InChI=1S/C25H31N5O2/c1-6-30-19(4)21(18(3)29-30)15-16-26-25(27-22-9-7-8-10-23(22)32-5)28-24(31)20-13-11-17(2)12-14-20/h7-14H,6,15-16H2,1-5H3,(H2,26,27,28,31). The smallest absolute Gasteiger partial charge is 0.257 e. The van der Waals surface area contributed by atoms with E-state index < -0.39 is 0 Å². The third-order valence-corrected chi connectivity index (χ3v) is 5.37. The Bertz CT molecular complexity index is 1100. The molecule has 0 fully saturated rings. The number of ether oxygens (including phenoxy) is 1. The van der Waals surface area contributed by atoms with Gasteiger partial charge in [0.1, 0.15) is 5.75 Å². The number of methoxy groups -OCH3 is 1. The van der Waals surface area contributed by atoms with Gasteiger partial charge in [-0.15, -0.1) is 0 Å². The Morgan fingerprint density at radius 1 is 1.09 bits per heavy atom. The van der Waals surface area contributed by atoms with Gasteiger partial charge in [0, 0.05) is 24.3 Å². The number of amides is 1. The number of hydrogen-bond donors (Lipinski definition) is 2. The number of anilines is 1. The lowest BCUT2D eigenvalue weighted by atomic mass is 10.1. The molecule has 0 bridgehead atoms. The zero-order valence-electron chi connectivity index (χ0n) is 19.4. The van der Waals surface area contributed by atoms with Gasteiger partial charge in [-0.3, -0.25) is 19.8 Å². The maximum atomic E-state index is 12.8. The molecule has 0 spiro atoms. The molecule has 0 aliphatic rings. The molecule has 0 aliphatic carbocycles. The molecule has 7 heteroatoms. The Balaban J connectivity index is 1.81. The number of carbonyl (C=O) groups excluding carboxylic acids is 1. The predicted molar refractivity (Wildman–Crippen MR) is 129 cm³/mol. The summed E-state index contributed by atoms with van der Waals surface area (Å²) in [4.78, 5) is 17.5. The first kappa shape index (κ1) is 23.1. The van der Waals surface area contributed by atoms with Gasteiger partial charge in [0.25, 0.3) is 5.91 Å². The second-order valence-electron chi connectivity index (χ2n) is 7.59. The van der Waals surface area contributed by atoms with Crippen molar-refractivity contribution in [3.63, 3.8) is 0 Å². The molecule has 1 heterocycles. The van der Waals surface area contributed by atoms with Crippen molar-refractivity contribution in [2.24, 2.45) is 4.99 Å². The quantitative estimate of drug-likeness (QED) is 0.431. The molecule has 0 saturated heterocycles. The fourth-order valence-electron chi connectivity index (χ4n) is 3.55. The second-order valence-corrected chi connectivity index (χ2v) is 7.59. The van der Waals surface area contributed by atoms with Crippen LogP contribution in [-0.2, 0) is 13.0 Å². The molecule has 168 valence electrons. The summed E-state index contributed by atoms with van der Waals surface area (Å²) in [6, 6.07) is 15.0. The average molecular weight is 434 g/mol. The molecule has 3 rings (SSSR count). The van der Waals surface area contributed by atoms with E-state index in [0.29, 0.717) is 23.8 Å². The number of nitrogens with one attached hydrogen (secondary N) is 2. The summed E-state index contributed by atoms with van der Waals surface area (Å²) in [5.74, 6) is 0.816. The van der Waals surface area contributed by atoms with E-state index in [-0.39, 0.29) is 5.91 Å². The van der Waals surface area contributed by atoms with Crippen molar-refractivity contribution >= 4 is 17.6 Å². The molecular formula is C25H31N5O2. The van der Waals surface area contributed by atoms with E-state index in [2.05, 4.69) is 34.6 Å². The van der Waals surface area contributed by atoms with Crippen LogP contribution in [0, 0.1) is 20.8 Å². The van der Waals surface area contributed by atoms with Crippen molar-refractivity contribution < 1.29 is 9.53 Å². The van der Waals surface area contributed by atoms with E-state index in [1.165, 1.54) is 5.56 Å². The van der Waals surface area contributed by atoms with Crippen LogP contribution in [0.5, 0.6) is 5.75 Å². The van der Waals surface area contributed by atoms with E-state index in [1.807, 2.05) is 54.9 Å². The fraction of sp³-hybridized carbons (Fsp3) is 0.320. The number of hydrogen-bond acceptors (Lipinski definition) is 4. The minimum Gasteiger partial charge on any atom is -0.495 e. The Morgan fingerprint density at radius 2 is 1.81 bits per heavy atom. The highest BCUT2D eigenvalue weighted by atomic mass is 16.5. The Hall–Kier alpha value is -3.61. The number of aliphatic imine (C=N–C) groups is 1. The highest BCUT2D eigenvalue weighted by Gasteiger charge is 2.13. The number of carbonyl (C=O) groups is 1. The van der Waals surface area contributed by atoms with Crippen LogP contribution in [0.4, 0.5) is 5.69 Å². The lowest BCUT2D eigenvalue weighted by molar-refractivity contribution is 0.0977. The number of benzene rings is 2. The summed E-state index contributed by atoms with van der Waals surface area (Å²) < 4.78 is 7.43. The van der Waals surface area contributed by atoms with Gasteiger partial charge in [-0.25, -0.2) is 0 Å². The minimum atomic E-state index is -0.225. The van der Waals surface area contributed by atoms with E-state index in [1.54, 1.807) is 19.2 Å². The lowest BCUT2D eigenvalue weighted by Gasteiger charge is -2.14. The summed E-state index contributed by atoms with van der Waals surface area (Å²) in [7, 11) is 1.61. The Kier molecular flexibility index (Phi) is 7.65. The predicted octanol–water partition coefficient (Wildman–Crippen LogP) is 4.28. The maximum absolute atomic E-state index is 12.8. The largest absolute Gasteiger partial charge is 0.495 e. The molecule has 0 radical (unpaired) electrons. The molecule has 7 nitrogen and oxygen atoms in total. The second kappa shape index (κ2) is 10.6. The van der Waals surface area contributed by atoms with Crippen molar-refractivity contribution in [2.75, 3.05) is 19.0 Å². The van der Waals surface area contributed by atoms with E-state index in [4.69, 9.17) is 4.74 Å². The van der Waals surface area contributed by atoms with Crippen molar-refractivity contribution in [2.45, 2.75) is 40.7 Å². The highest BCUT2D eigenvalue weighted by molar-refractivity contribution is 6.10. The zero-order valence-corrected chi connectivity index (χ0v) is 19.4. The van der Waals surface area contributed by atoms with Crippen LogP contribution in [0.15, 0.2) is 53.5 Å². The number of rotatable bonds is 7. The van der Waals surface area contributed by atoms with Crippen LogP contribution < -0.4 is 15.4 Å². The van der Waals surface area contributed by atoms with Crippen molar-refractivity contribution in [1.82, 2.24) is 15.1 Å². The van der Waals surface area contributed by atoms with E-state index in [0.717, 1.165) is 35.6 Å². The van der Waals surface area contributed by atoms with Gasteiger partial charge in [0.2, 0.25) is 5.96 Å². The van der Waals surface area contributed by atoms with E-state index in [9.17, 15) is 4.79 Å². The molecule has 2 aromatic carbocycles. The molecule has 3 aromatic rings. The van der Waals surface area contributed by atoms with Gasteiger partial charge in [0.15, 0.2) is 0 Å². The van der Waals surface area contributed by atoms with Gasteiger partial charge in [-0.05, 0) is 63.9 Å². The summed E-state index contributed by atoms with van der Waals surface area (Å²) in [6.07, 6.45) is 0.731. The first-order valence-electron chi connectivity index (χ1n) is 10.8. The molecule has 0 aliphatic heterocycles. The van der Waals surface area contributed by atoms with Crippen LogP contribution in [0.2, 0.25) is 0 Å². The number of para-hydroxylation sites is 2. The van der Waals surface area contributed by atoms with Gasteiger partial charge in [0.05, 0.1) is 18.5 Å². The lowest BCUT2D eigenvalue weighted by Crippen LogP contribution is -2.36. The molecule has 1 amide bonds. The van der Waals surface area contributed by atoms with Crippen LogP contribution in [0.25, 0.3) is 0 Å². The van der Waals surface area contributed by atoms with Crippen LogP contribution in [0.3, 0.4) is 0 Å². The Morgan fingerprint density at radius 3 is 2.47 bits per heavy atom. The topological polar surface area (TPSA) is 80.5 Å². The first-order valence-corrected chi connectivity index (χ1v) is 10.8. The molecular weight excluding hydrogens is 402 g/mol. The average Bonchev–Trinajstić information content (AvgIpc) is 3.07. The molecule has 2 N–H and O–H groups in total. The van der Waals surface area contributed by atoms with Crippen LogP contribution in [0.1, 0.15) is 39.8 Å². The van der Waals surface area contributed by atoms with Gasteiger partial charge in [-0.2, -0.15) is 5.10 Å².